The smallest absolute Gasteiger partial charge is 0.134 e. The molecule has 1 aliphatic carbocycles. The molecule has 0 fully saturated rings. The van der Waals surface area contributed by atoms with Crippen LogP contribution in [0.25, 0.3) is 6.08 Å². The normalized spacial score (nSPS) is 14.5. The maximum Gasteiger partial charge on any atom is 0.134 e. The van der Waals surface area contributed by atoms with Crippen LogP contribution in [0.5, 0.6) is 0 Å². The first-order chi connectivity index (χ1) is 6.59. The summed E-state index contributed by atoms with van der Waals surface area (Å²) in [6, 6.07) is 3.98. The van der Waals surface area contributed by atoms with Gasteiger partial charge in [0.05, 0.1) is 0 Å². The van der Waals surface area contributed by atoms with E-state index in [-0.39, 0.29) is 11.7 Å². The topological polar surface area (TPSA) is 0 Å². The number of allylic oxidation sites excluding steroid dienone is 1. The Balaban J connectivity index is 2.57. The molecule has 0 unspecified atom stereocenters. The predicted molar refractivity (Wildman–Crippen MR) is 57.8 cm³/mol. The molecule has 0 spiro atoms. The predicted octanol–water partition coefficient (Wildman–Crippen LogP) is 3.91. The van der Waals surface area contributed by atoms with Crippen molar-refractivity contribution < 1.29 is 4.39 Å². The largest absolute Gasteiger partial charge is 0.206 e. The second kappa shape index (κ2) is 3.23. The number of benzene rings is 1. The minimum absolute atomic E-state index is 0.0191. The Kier molecular flexibility index (Phi) is 2.18. The molecule has 0 aromatic heterocycles. The van der Waals surface area contributed by atoms with Gasteiger partial charge in [-0.05, 0) is 30.4 Å². The highest BCUT2D eigenvalue weighted by Gasteiger charge is 2.17. The average molecular weight is 190 g/mol. The lowest BCUT2D eigenvalue weighted by Crippen LogP contribution is -1.97. The van der Waals surface area contributed by atoms with Crippen LogP contribution in [0.1, 0.15) is 43.4 Å². The highest BCUT2D eigenvalue weighted by molar-refractivity contribution is 5.64. The standard InChI is InChI=1S/C13H15F/c1-8(2)11-5-4-10-6-9(3)7-12(10)13(11)14/h4-5,7-8H,6H2,1-3H3. The van der Waals surface area contributed by atoms with E-state index in [9.17, 15) is 4.39 Å². The summed E-state index contributed by atoms with van der Waals surface area (Å²) < 4.78 is 14.0. The lowest BCUT2D eigenvalue weighted by atomic mass is 9.97. The molecule has 14 heavy (non-hydrogen) atoms. The first kappa shape index (κ1) is 9.45. The Bertz CT molecular complexity index is 400. The maximum absolute atomic E-state index is 14.0. The second-order valence-corrected chi connectivity index (χ2v) is 4.36. The van der Waals surface area contributed by atoms with Crippen LogP contribution >= 0.6 is 0 Å². The van der Waals surface area contributed by atoms with E-state index in [1.807, 2.05) is 26.0 Å². The first-order valence-electron chi connectivity index (χ1n) is 5.08. The molecular formula is C13H15F. The third-order valence-corrected chi connectivity index (χ3v) is 2.78. The minimum atomic E-state index is -0.0191. The molecule has 74 valence electrons. The number of fused-ring (bicyclic) bond motifs is 1. The molecule has 0 atom stereocenters. The summed E-state index contributed by atoms with van der Waals surface area (Å²) >= 11 is 0. The Morgan fingerprint density at radius 1 is 1.29 bits per heavy atom. The number of hydrogen-bond donors (Lipinski definition) is 0. The average Bonchev–Trinajstić information content (AvgIpc) is 2.46. The van der Waals surface area contributed by atoms with Crippen molar-refractivity contribution in [3.05, 3.63) is 40.2 Å². The molecule has 0 amide bonds. The summed E-state index contributed by atoms with van der Waals surface area (Å²) in [7, 11) is 0. The van der Waals surface area contributed by atoms with E-state index in [4.69, 9.17) is 0 Å². The van der Waals surface area contributed by atoms with E-state index < -0.39 is 0 Å². The van der Waals surface area contributed by atoms with Crippen molar-refractivity contribution in [1.82, 2.24) is 0 Å². The van der Waals surface area contributed by atoms with Crippen molar-refractivity contribution >= 4 is 6.08 Å². The Morgan fingerprint density at radius 2 is 2.00 bits per heavy atom. The first-order valence-corrected chi connectivity index (χ1v) is 5.08. The molecule has 1 aromatic carbocycles. The van der Waals surface area contributed by atoms with Crippen LogP contribution in [0.3, 0.4) is 0 Å². The molecular weight excluding hydrogens is 175 g/mol. The van der Waals surface area contributed by atoms with E-state index in [1.165, 1.54) is 5.57 Å². The molecule has 1 heteroatoms. The fourth-order valence-corrected chi connectivity index (χ4v) is 2.00. The van der Waals surface area contributed by atoms with Crippen molar-refractivity contribution in [2.24, 2.45) is 0 Å². The van der Waals surface area contributed by atoms with Crippen LogP contribution in [0, 0.1) is 5.82 Å². The molecule has 0 saturated carbocycles. The molecule has 0 nitrogen and oxygen atoms in total. The van der Waals surface area contributed by atoms with Gasteiger partial charge in [0.15, 0.2) is 0 Å². The summed E-state index contributed by atoms with van der Waals surface area (Å²) in [5.74, 6) is 0.240. The maximum atomic E-state index is 14.0. The van der Waals surface area contributed by atoms with E-state index in [0.29, 0.717) is 0 Å². The van der Waals surface area contributed by atoms with E-state index in [1.54, 1.807) is 0 Å². The molecule has 0 radical (unpaired) electrons. The summed E-state index contributed by atoms with van der Waals surface area (Å²) in [4.78, 5) is 0. The van der Waals surface area contributed by atoms with E-state index in [2.05, 4.69) is 13.0 Å². The quantitative estimate of drug-likeness (QED) is 0.630. The third kappa shape index (κ3) is 1.37. The van der Waals surface area contributed by atoms with Crippen LogP contribution in [-0.2, 0) is 6.42 Å². The lowest BCUT2D eigenvalue weighted by molar-refractivity contribution is 0.595. The highest BCUT2D eigenvalue weighted by Crippen LogP contribution is 2.31. The van der Waals surface area contributed by atoms with Crippen molar-refractivity contribution in [2.75, 3.05) is 0 Å². The zero-order valence-electron chi connectivity index (χ0n) is 8.89. The van der Waals surface area contributed by atoms with Crippen LogP contribution < -0.4 is 0 Å². The Morgan fingerprint density at radius 3 is 2.64 bits per heavy atom. The van der Waals surface area contributed by atoms with E-state index in [0.717, 1.165) is 23.1 Å². The summed E-state index contributed by atoms with van der Waals surface area (Å²) in [5.41, 5.74) is 4.02. The molecule has 0 N–H and O–H groups in total. The molecule has 1 aromatic rings. The van der Waals surface area contributed by atoms with Gasteiger partial charge < -0.3 is 0 Å². The molecule has 0 heterocycles. The zero-order chi connectivity index (χ0) is 10.3. The highest BCUT2D eigenvalue weighted by atomic mass is 19.1. The van der Waals surface area contributed by atoms with Crippen LogP contribution in [-0.4, -0.2) is 0 Å². The monoisotopic (exact) mass is 190 g/mol. The third-order valence-electron chi connectivity index (χ3n) is 2.78. The zero-order valence-corrected chi connectivity index (χ0v) is 8.89. The van der Waals surface area contributed by atoms with Gasteiger partial charge in [0, 0.05) is 5.56 Å². The van der Waals surface area contributed by atoms with Crippen molar-refractivity contribution in [1.29, 1.82) is 0 Å². The van der Waals surface area contributed by atoms with Gasteiger partial charge in [0.1, 0.15) is 5.82 Å². The molecule has 0 bridgehead atoms. The number of halogens is 1. The van der Waals surface area contributed by atoms with Gasteiger partial charge in [0.25, 0.3) is 0 Å². The van der Waals surface area contributed by atoms with Crippen LogP contribution in [0.4, 0.5) is 4.39 Å². The van der Waals surface area contributed by atoms with Gasteiger partial charge in [0.2, 0.25) is 0 Å². The molecule has 1 aliphatic rings. The number of rotatable bonds is 1. The SMILES string of the molecule is CC1=Cc2c(ccc(C(C)C)c2F)C1. The fourth-order valence-electron chi connectivity index (χ4n) is 2.00. The lowest BCUT2D eigenvalue weighted by Gasteiger charge is -2.10. The van der Waals surface area contributed by atoms with Crippen molar-refractivity contribution in [3.8, 4) is 0 Å². The number of hydrogen-bond acceptors (Lipinski definition) is 0. The molecule has 0 aliphatic heterocycles. The van der Waals surface area contributed by atoms with Gasteiger partial charge in [-0.2, -0.15) is 0 Å². The van der Waals surface area contributed by atoms with Crippen molar-refractivity contribution in [2.45, 2.75) is 33.1 Å². The van der Waals surface area contributed by atoms with Crippen molar-refractivity contribution in [3.63, 3.8) is 0 Å². The molecule has 0 saturated heterocycles. The molecule has 2 rings (SSSR count). The summed E-state index contributed by atoms with van der Waals surface area (Å²) in [6.07, 6.45) is 2.88. The van der Waals surface area contributed by atoms with Gasteiger partial charge >= 0.3 is 0 Å². The fraction of sp³-hybridized carbons (Fsp3) is 0.385. The van der Waals surface area contributed by atoms with Gasteiger partial charge in [-0.3, -0.25) is 0 Å². The van der Waals surface area contributed by atoms with Gasteiger partial charge in [-0.25, -0.2) is 4.39 Å². The van der Waals surface area contributed by atoms with E-state index >= 15 is 0 Å². The van der Waals surface area contributed by atoms with Crippen LogP contribution in [0.15, 0.2) is 17.7 Å². The summed E-state index contributed by atoms with van der Waals surface area (Å²) in [6.45, 7) is 6.10. The summed E-state index contributed by atoms with van der Waals surface area (Å²) in [5, 5.41) is 0. The minimum Gasteiger partial charge on any atom is -0.206 e. The Labute approximate surface area is 84.5 Å². The Hall–Kier alpha value is -1.11. The van der Waals surface area contributed by atoms with Gasteiger partial charge in [-0.1, -0.05) is 37.6 Å². The van der Waals surface area contributed by atoms with Crippen LogP contribution in [0.2, 0.25) is 0 Å². The second-order valence-electron chi connectivity index (χ2n) is 4.36. The van der Waals surface area contributed by atoms with Gasteiger partial charge in [-0.15, -0.1) is 0 Å².